The van der Waals surface area contributed by atoms with Crippen molar-refractivity contribution in [2.24, 2.45) is 11.7 Å². The molecule has 0 spiro atoms. The van der Waals surface area contributed by atoms with Gasteiger partial charge in [0.15, 0.2) is 0 Å². The van der Waals surface area contributed by atoms with Gasteiger partial charge in [-0.2, -0.15) is 0 Å². The SMILES string of the molecule is NC(=O)C1CC(=O)N(c2cccc([N+](=O)[O-])c2N)C1. The Bertz CT molecular complexity index is 572. The zero-order chi connectivity index (χ0) is 14.2. The fraction of sp³-hybridized carbons (Fsp3) is 0.273. The molecule has 100 valence electrons. The van der Waals surface area contributed by atoms with E-state index in [9.17, 15) is 19.7 Å². The fourth-order valence-electron chi connectivity index (χ4n) is 2.07. The van der Waals surface area contributed by atoms with Gasteiger partial charge in [-0.05, 0) is 6.07 Å². The predicted octanol–water partition coefficient (Wildman–Crippen LogP) is 0.0152. The Morgan fingerprint density at radius 2 is 2.16 bits per heavy atom. The molecule has 2 amide bonds. The highest BCUT2D eigenvalue weighted by atomic mass is 16.6. The minimum atomic E-state index is -0.620. The first-order valence-corrected chi connectivity index (χ1v) is 5.54. The molecule has 0 radical (unpaired) electrons. The van der Waals surface area contributed by atoms with E-state index in [-0.39, 0.29) is 35.9 Å². The maximum Gasteiger partial charge on any atom is 0.294 e. The van der Waals surface area contributed by atoms with E-state index >= 15 is 0 Å². The molecular formula is C11H12N4O4. The number of nitro groups is 1. The molecule has 0 aromatic heterocycles. The number of anilines is 2. The van der Waals surface area contributed by atoms with Crippen molar-refractivity contribution in [2.75, 3.05) is 17.2 Å². The normalized spacial score (nSPS) is 18.6. The van der Waals surface area contributed by atoms with Crippen molar-refractivity contribution in [2.45, 2.75) is 6.42 Å². The summed E-state index contributed by atoms with van der Waals surface area (Å²) in [5.74, 6) is -1.48. The molecule has 4 N–H and O–H groups in total. The Balaban J connectivity index is 2.38. The van der Waals surface area contributed by atoms with Gasteiger partial charge in [0.25, 0.3) is 5.69 Å². The first-order chi connectivity index (χ1) is 8.91. The van der Waals surface area contributed by atoms with Gasteiger partial charge in [0.05, 0.1) is 16.5 Å². The van der Waals surface area contributed by atoms with Crippen LogP contribution in [0.15, 0.2) is 18.2 Å². The van der Waals surface area contributed by atoms with Crippen LogP contribution in [0.5, 0.6) is 0 Å². The van der Waals surface area contributed by atoms with Crippen LogP contribution >= 0.6 is 0 Å². The second kappa shape index (κ2) is 4.56. The zero-order valence-corrected chi connectivity index (χ0v) is 9.91. The highest BCUT2D eigenvalue weighted by Crippen LogP contribution is 2.35. The Kier molecular flexibility index (Phi) is 3.07. The lowest BCUT2D eigenvalue weighted by molar-refractivity contribution is -0.383. The van der Waals surface area contributed by atoms with Crippen molar-refractivity contribution in [3.63, 3.8) is 0 Å². The summed E-state index contributed by atoms with van der Waals surface area (Å²) in [7, 11) is 0. The van der Waals surface area contributed by atoms with Crippen LogP contribution in [0.3, 0.4) is 0 Å². The fourth-order valence-corrected chi connectivity index (χ4v) is 2.07. The van der Waals surface area contributed by atoms with Crippen LogP contribution in [-0.4, -0.2) is 23.3 Å². The van der Waals surface area contributed by atoms with Crippen LogP contribution < -0.4 is 16.4 Å². The van der Waals surface area contributed by atoms with E-state index in [1.165, 1.54) is 23.1 Å². The van der Waals surface area contributed by atoms with Gasteiger partial charge in [0.2, 0.25) is 11.8 Å². The molecular weight excluding hydrogens is 252 g/mol. The highest BCUT2D eigenvalue weighted by molar-refractivity contribution is 6.02. The maximum atomic E-state index is 11.8. The number of carbonyl (C=O) groups is 2. The number of hydrogen-bond donors (Lipinski definition) is 2. The Hall–Kier alpha value is -2.64. The van der Waals surface area contributed by atoms with Crippen LogP contribution in [0.4, 0.5) is 17.1 Å². The molecule has 1 aliphatic rings. The van der Waals surface area contributed by atoms with Crippen LogP contribution in [0.1, 0.15) is 6.42 Å². The molecule has 1 fully saturated rings. The van der Waals surface area contributed by atoms with Crippen molar-refractivity contribution >= 4 is 28.9 Å². The molecule has 1 heterocycles. The quantitative estimate of drug-likeness (QED) is 0.451. The van der Waals surface area contributed by atoms with E-state index in [2.05, 4.69) is 0 Å². The summed E-state index contributed by atoms with van der Waals surface area (Å²) >= 11 is 0. The molecule has 19 heavy (non-hydrogen) atoms. The van der Waals surface area contributed by atoms with Crippen LogP contribution in [0.2, 0.25) is 0 Å². The Morgan fingerprint density at radius 1 is 1.47 bits per heavy atom. The number of para-hydroxylation sites is 1. The lowest BCUT2D eigenvalue weighted by Gasteiger charge is -2.18. The van der Waals surface area contributed by atoms with Crippen molar-refractivity contribution < 1.29 is 14.5 Å². The topological polar surface area (TPSA) is 133 Å². The van der Waals surface area contributed by atoms with Gasteiger partial charge < -0.3 is 16.4 Å². The van der Waals surface area contributed by atoms with E-state index < -0.39 is 16.7 Å². The van der Waals surface area contributed by atoms with E-state index in [0.29, 0.717) is 0 Å². The van der Waals surface area contributed by atoms with Crippen molar-refractivity contribution in [1.82, 2.24) is 0 Å². The number of rotatable bonds is 3. The monoisotopic (exact) mass is 264 g/mol. The van der Waals surface area contributed by atoms with Crippen LogP contribution in [-0.2, 0) is 9.59 Å². The predicted molar refractivity (Wildman–Crippen MR) is 67.2 cm³/mol. The molecule has 8 nitrogen and oxygen atoms in total. The number of carbonyl (C=O) groups excluding carboxylic acids is 2. The molecule has 1 unspecified atom stereocenters. The van der Waals surface area contributed by atoms with Gasteiger partial charge in [-0.3, -0.25) is 19.7 Å². The van der Waals surface area contributed by atoms with E-state index in [1.807, 2.05) is 0 Å². The number of primary amides is 1. The highest BCUT2D eigenvalue weighted by Gasteiger charge is 2.35. The second-order valence-corrected chi connectivity index (χ2v) is 4.27. The van der Waals surface area contributed by atoms with E-state index in [0.717, 1.165) is 0 Å². The third-order valence-corrected chi connectivity index (χ3v) is 3.07. The molecule has 1 aromatic carbocycles. The Morgan fingerprint density at radius 3 is 2.68 bits per heavy atom. The average molecular weight is 264 g/mol. The molecule has 0 aliphatic carbocycles. The zero-order valence-electron chi connectivity index (χ0n) is 9.91. The largest absolute Gasteiger partial charge is 0.391 e. The second-order valence-electron chi connectivity index (χ2n) is 4.27. The molecule has 1 atom stereocenters. The maximum absolute atomic E-state index is 11.8. The molecule has 8 heteroatoms. The summed E-state index contributed by atoms with van der Waals surface area (Å²) in [6, 6.07) is 4.20. The number of amides is 2. The first-order valence-electron chi connectivity index (χ1n) is 5.54. The van der Waals surface area contributed by atoms with Crippen molar-refractivity contribution in [3.8, 4) is 0 Å². The van der Waals surface area contributed by atoms with Crippen LogP contribution in [0.25, 0.3) is 0 Å². The minimum Gasteiger partial charge on any atom is -0.391 e. The minimum absolute atomic E-state index is 0.00251. The van der Waals surface area contributed by atoms with Crippen molar-refractivity contribution in [3.05, 3.63) is 28.3 Å². The number of nitrogens with zero attached hydrogens (tertiary/aromatic N) is 2. The summed E-state index contributed by atoms with van der Waals surface area (Å²) in [6.07, 6.45) is -0.00251. The average Bonchev–Trinajstić information content (AvgIpc) is 2.71. The number of nitrogens with two attached hydrogens (primary N) is 2. The lowest BCUT2D eigenvalue weighted by atomic mass is 10.1. The first kappa shape index (κ1) is 12.8. The molecule has 0 saturated carbocycles. The van der Waals surface area contributed by atoms with E-state index in [1.54, 1.807) is 0 Å². The summed E-state index contributed by atoms with van der Waals surface area (Å²) in [5, 5.41) is 10.8. The Labute approximate surface area is 108 Å². The van der Waals surface area contributed by atoms with Gasteiger partial charge in [0, 0.05) is 19.0 Å². The van der Waals surface area contributed by atoms with Gasteiger partial charge in [-0.15, -0.1) is 0 Å². The standard InChI is InChI=1S/C11H12N4O4/c12-10-7(2-1-3-8(10)15(18)19)14-5-6(11(13)17)4-9(14)16/h1-3,6H,4-5,12H2,(H2,13,17). The number of nitrogen functional groups attached to an aromatic ring is 1. The molecule has 1 aliphatic heterocycles. The van der Waals surface area contributed by atoms with E-state index in [4.69, 9.17) is 11.5 Å². The number of hydrogen-bond acceptors (Lipinski definition) is 5. The summed E-state index contributed by atoms with van der Waals surface area (Å²) in [6.45, 7) is 0.0968. The smallest absolute Gasteiger partial charge is 0.294 e. The number of benzene rings is 1. The molecule has 2 rings (SSSR count). The molecule has 0 bridgehead atoms. The van der Waals surface area contributed by atoms with Crippen LogP contribution in [0, 0.1) is 16.0 Å². The summed E-state index contributed by atoms with van der Waals surface area (Å²) in [5.41, 5.74) is 10.7. The third kappa shape index (κ3) is 2.19. The van der Waals surface area contributed by atoms with Gasteiger partial charge in [-0.25, -0.2) is 0 Å². The third-order valence-electron chi connectivity index (χ3n) is 3.07. The van der Waals surface area contributed by atoms with Gasteiger partial charge in [0.1, 0.15) is 5.69 Å². The molecule has 1 aromatic rings. The van der Waals surface area contributed by atoms with Gasteiger partial charge >= 0.3 is 0 Å². The lowest BCUT2D eigenvalue weighted by Crippen LogP contribution is -2.29. The van der Waals surface area contributed by atoms with Crippen molar-refractivity contribution in [1.29, 1.82) is 0 Å². The summed E-state index contributed by atoms with van der Waals surface area (Å²) < 4.78 is 0. The van der Waals surface area contributed by atoms with Gasteiger partial charge in [-0.1, -0.05) is 6.07 Å². The molecule has 1 saturated heterocycles. The summed E-state index contributed by atoms with van der Waals surface area (Å²) in [4.78, 5) is 34.3. The number of nitro benzene ring substituents is 1.